The van der Waals surface area contributed by atoms with Crippen LogP contribution >= 0.6 is 0 Å². The first kappa shape index (κ1) is 32.4. The van der Waals surface area contributed by atoms with E-state index in [1.54, 1.807) is 0 Å². The number of fused-ring (bicyclic) bond motifs is 2. The van der Waals surface area contributed by atoms with Crippen LogP contribution in [0.25, 0.3) is 34.4 Å². The molecule has 2 unspecified atom stereocenters. The number of allylic oxidation sites excluding steroid dienone is 2. The Morgan fingerprint density at radius 3 is 1.38 bits per heavy atom. The fourth-order valence-electron chi connectivity index (χ4n) is 6.64. The van der Waals surface area contributed by atoms with Crippen molar-refractivity contribution in [3.8, 4) is 22.3 Å². The summed E-state index contributed by atoms with van der Waals surface area (Å²) in [5, 5.41) is 0. The van der Waals surface area contributed by atoms with Gasteiger partial charge in [-0.05, 0) is 46.2 Å². The largest absolute Gasteiger partial charge is 2.00 e. The molecule has 0 nitrogen and oxygen atoms in total. The average Bonchev–Trinajstić information content (AvgIpc) is 3.79. The number of hydrogen-bond acceptors (Lipinski definition) is 0. The summed E-state index contributed by atoms with van der Waals surface area (Å²) >= 11 is 0. The van der Waals surface area contributed by atoms with Crippen LogP contribution in [-0.2, 0) is 26.2 Å². The Kier molecular flexibility index (Phi) is 11.8. The maximum Gasteiger partial charge on any atom is 2.00 e. The predicted octanol–water partition coefficient (Wildman–Crippen LogP) is 11.5. The molecule has 0 spiro atoms. The Morgan fingerprint density at radius 2 is 1.02 bits per heavy atom. The second-order valence-corrected chi connectivity index (χ2v) is 12.6. The summed E-state index contributed by atoms with van der Waals surface area (Å²) in [5.41, 5.74) is 14.0. The molecule has 1 aliphatic heterocycles. The molecule has 210 valence electrons. The quantitative estimate of drug-likeness (QED) is 0.145. The van der Waals surface area contributed by atoms with Crippen LogP contribution in [0.1, 0.15) is 73.6 Å². The summed E-state index contributed by atoms with van der Waals surface area (Å²) in [5.74, 6) is 0.704. The van der Waals surface area contributed by atoms with Crippen molar-refractivity contribution >= 4 is 21.7 Å². The van der Waals surface area contributed by atoms with Crippen molar-refractivity contribution in [3.05, 3.63) is 144 Å². The topological polar surface area (TPSA) is 0 Å². The van der Waals surface area contributed by atoms with Crippen molar-refractivity contribution in [2.45, 2.75) is 63.5 Å². The number of rotatable bonds is 6. The fourth-order valence-corrected chi connectivity index (χ4v) is 7.89. The molecule has 4 aromatic carbocycles. The van der Waals surface area contributed by atoms with Crippen molar-refractivity contribution in [2.75, 3.05) is 0 Å². The molecule has 0 saturated carbocycles. The maximum atomic E-state index is 2.63. The zero-order valence-electron chi connectivity index (χ0n) is 25.4. The van der Waals surface area contributed by atoms with E-state index in [9.17, 15) is 0 Å². The summed E-state index contributed by atoms with van der Waals surface area (Å²) < 4.78 is 0. The molecule has 7 rings (SSSR count). The Morgan fingerprint density at radius 1 is 0.595 bits per heavy atom. The van der Waals surface area contributed by atoms with Crippen molar-refractivity contribution in [2.24, 2.45) is 0 Å². The van der Waals surface area contributed by atoms with Crippen LogP contribution in [0.2, 0.25) is 12.1 Å². The summed E-state index contributed by atoms with van der Waals surface area (Å²) in [6.07, 6.45) is 12.7. The van der Waals surface area contributed by atoms with Crippen LogP contribution in [0.4, 0.5) is 0 Å². The molecule has 2 radical (unpaired) electrons. The standard InChI is InChI=1S/C35H31.C4H8Si.CH3.Zr/c1-3-24-21-34-28(26-13-7-5-8-14-26)17-11-19-30(34)32(24)23-33-25(4-2)22-35-29(18-12-20-31(33)35)27-15-9-6-10-16-27;1-2-4-5-3-1;;/h5-23,32-33H,3-4H2,1-2H3;1-4H2;1H3;/q-1;;-1;+2. The van der Waals surface area contributed by atoms with E-state index in [0.717, 1.165) is 12.8 Å². The van der Waals surface area contributed by atoms with Crippen molar-refractivity contribution in [3.63, 3.8) is 0 Å². The minimum absolute atomic E-state index is 0. The Hall–Kier alpha value is -2.54. The average molecular weight is 642 g/mol. The smallest absolute Gasteiger partial charge is 0.358 e. The van der Waals surface area contributed by atoms with Crippen LogP contribution in [0.5, 0.6) is 0 Å². The first-order valence-corrected chi connectivity index (χ1v) is 16.5. The van der Waals surface area contributed by atoms with Crippen LogP contribution in [0.3, 0.4) is 0 Å². The zero-order valence-corrected chi connectivity index (χ0v) is 28.8. The summed E-state index contributed by atoms with van der Waals surface area (Å²) in [6, 6.07) is 38.4. The van der Waals surface area contributed by atoms with E-state index in [2.05, 4.69) is 129 Å². The van der Waals surface area contributed by atoms with Crippen molar-refractivity contribution in [1.82, 2.24) is 0 Å². The molecule has 3 aliphatic rings. The molecule has 2 heteroatoms. The maximum absolute atomic E-state index is 2.63. The molecule has 0 N–H and O–H groups in total. The van der Waals surface area contributed by atoms with Gasteiger partial charge in [0.2, 0.25) is 0 Å². The molecule has 2 aliphatic carbocycles. The molecule has 0 amide bonds. The molecular formula is C40H42SiZr. The first-order chi connectivity index (χ1) is 19.8. The van der Waals surface area contributed by atoms with Crippen LogP contribution in [-0.4, -0.2) is 9.52 Å². The van der Waals surface area contributed by atoms with Gasteiger partial charge >= 0.3 is 26.2 Å². The van der Waals surface area contributed by atoms with E-state index in [1.165, 1.54) is 90.1 Å². The van der Waals surface area contributed by atoms with Gasteiger partial charge in [-0.25, -0.2) is 0 Å². The van der Waals surface area contributed by atoms with Crippen LogP contribution in [0, 0.1) is 13.8 Å². The van der Waals surface area contributed by atoms with Gasteiger partial charge in [0.1, 0.15) is 0 Å². The SMILES string of the molecule is C1CC[Si]C1.CCC1=Cc2c(-c3ccccc3)cccc2C1[CH-]C1C(CC)=Cc2c(-c3ccccc3)cccc21.[CH3-].[Zr+2]. The summed E-state index contributed by atoms with van der Waals surface area (Å²) in [4.78, 5) is 0. The number of hydrogen-bond donors (Lipinski definition) is 0. The van der Waals surface area contributed by atoms with Gasteiger partial charge in [0.15, 0.2) is 0 Å². The molecule has 1 heterocycles. The van der Waals surface area contributed by atoms with Gasteiger partial charge in [0.25, 0.3) is 0 Å². The molecule has 0 aromatic heterocycles. The van der Waals surface area contributed by atoms with Gasteiger partial charge < -0.3 is 13.8 Å². The fraction of sp³-hybridized carbons (Fsp3) is 0.250. The second-order valence-electron chi connectivity index (χ2n) is 11.1. The zero-order chi connectivity index (χ0) is 27.3. The molecule has 4 aromatic rings. The van der Waals surface area contributed by atoms with Gasteiger partial charge in [-0.3, -0.25) is 0 Å². The molecule has 2 atom stereocenters. The van der Waals surface area contributed by atoms with E-state index in [1.807, 2.05) is 0 Å². The van der Waals surface area contributed by atoms with E-state index < -0.39 is 0 Å². The Labute approximate surface area is 276 Å². The monoisotopic (exact) mass is 640 g/mol. The van der Waals surface area contributed by atoms with Gasteiger partial charge in [-0.1, -0.05) is 170 Å². The summed E-state index contributed by atoms with van der Waals surface area (Å²) in [7, 11) is 1.31. The van der Waals surface area contributed by atoms with E-state index in [4.69, 9.17) is 0 Å². The van der Waals surface area contributed by atoms with Gasteiger partial charge in [0.05, 0.1) is 0 Å². The van der Waals surface area contributed by atoms with Crippen molar-refractivity contribution < 1.29 is 26.2 Å². The first-order valence-electron chi connectivity index (χ1n) is 15.1. The molecule has 1 saturated heterocycles. The molecule has 42 heavy (non-hydrogen) atoms. The Balaban J connectivity index is 0.000000526. The van der Waals surface area contributed by atoms with Crippen molar-refractivity contribution in [1.29, 1.82) is 0 Å². The third kappa shape index (κ3) is 6.66. The van der Waals surface area contributed by atoms with Gasteiger partial charge in [0, 0.05) is 9.52 Å². The number of benzene rings is 4. The third-order valence-electron chi connectivity index (χ3n) is 8.74. The van der Waals surface area contributed by atoms with E-state index in [0.29, 0.717) is 11.8 Å². The predicted molar refractivity (Wildman–Crippen MR) is 181 cm³/mol. The van der Waals surface area contributed by atoms with E-state index in [-0.39, 0.29) is 33.6 Å². The molecule has 1 fully saturated rings. The minimum atomic E-state index is 0. The van der Waals surface area contributed by atoms with Gasteiger partial charge in [-0.15, -0.1) is 11.8 Å². The normalized spacial score (nSPS) is 18.0. The molecular weight excluding hydrogens is 600 g/mol. The van der Waals surface area contributed by atoms with Crippen LogP contribution < -0.4 is 0 Å². The minimum Gasteiger partial charge on any atom is -0.358 e. The second kappa shape index (κ2) is 15.3. The Bertz CT molecular complexity index is 1390. The summed E-state index contributed by atoms with van der Waals surface area (Å²) in [6.45, 7) is 4.60. The molecule has 0 bridgehead atoms. The van der Waals surface area contributed by atoms with E-state index >= 15 is 0 Å². The van der Waals surface area contributed by atoms with Crippen LogP contribution in [0.15, 0.2) is 108 Å². The van der Waals surface area contributed by atoms with Gasteiger partial charge in [-0.2, -0.15) is 0 Å². The third-order valence-corrected chi connectivity index (χ3v) is 10.2.